The first-order valence-electron chi connectivity index (χ1n) is 8.14. The van der Waals surface area contributed by atoms with Crippen LogP contribution in [0.5, 0.6) is 0 Å². The van der Waals surface area contributed by atoms with E-state index in [9.17, 15) is 0 Å². The topological polar surface area (TPSA) is 0 Å². The number of benzene rings is 4. The summed E-state index contributed by atoms with van der Waals surface area (Å²) in [6.07, 6.45) is 0. The average molecular weight is 296 g/mol. The van der Waals surface area contributed by atoms with Crippen molar-refractivity contribution in [3.63, 3.8) is 0 Å². The molecule has 0 heteroatoms. The van der Waals surface area contributed by atoms with Gasteiger partial charge in [0.05, 0.1) is 0 Å². The average Bonchev–Trinajstić information content (AvgIpc) is 2.59. The van der Waals surface area contributed by atoms with E-state index >= 15 is 0 Å². The van der Waals surface area contributed by atoms with E-state index in [4.69, 9.17) is 0 Å². The summed E-state index contributed by atoms with van der Waals surface area (Å²) in [5.41, 5.74) is 6.71. The second-order valence-electron chi connectivity index (χ2n) is 6.39. The lowest BCUT2D eigenvalue weighted by molar-refractivity contribution is 1.38. The van der Waals surface area contributed by atoms with Crippen molar-refractivity contribution in [2.75, 3.05) is 0 Å². The molecule has 0 aromatic heterocycles. The van der Waals surface area contributed by atoms with Crippen LogP contribution < -0.4 is 0 Å². The fourth-order valence-electron chi connectivity index (χ4n) is 3.57. The predicted molar refractivity (Wildman–Crippen MR) is 101 cm³/mol. The molecule has 0 heterocycles. The van der Waals surface area contributed by atoms with Crippen LogP contribution in [0.3, 0.4) is 0 Å². The number of aryl methyl sites for hydroxylation is 3. The van der Waals surface area contributed by atoms with Crippen molar-refractivity contribution in [2.24, 2.45) is 0 Å². The number of hydrogen-bond acceptors (Lipinski definition) is 0. The summed E-state index contributed by atoms with van der Waals surface area (Å²) in [4.78, 5) is 0. The summed E-state index contributed by atoms with van der Waals surface area (Å²) >= 11 is 0. The van der Waals surface area contributed by atoms with Crippen molar-refractivity contribution >= 4 is 21.5 Å². The molecule has 112 valence electrons. The molecule has 0 radical (unpaired) electrons. The Morgan fingerprint density at radius 1 is 0.478 bits per heavy atom. The fraction of sp³-hybridized carbons (Fsp3) is 0.130. The minimum absolute atomic E-state index is 1.32. The maximum absolute atomic E-state index is 2.34. The smallest absolute Gasteiger partial charge is 0.00963 e. The molecule has 0 atom stereocenters. The number of rotatable bonds is 1. The first kappa shape index (κ1) is 14.0. The molecule has 0 saturated heterocycles. The van der Waals surface area contributed by atoms with E-state index in [1.807, 2.05) is 0 Å². The van der Waals surface area contributed by atoms with Crippen LogP contribution >= 0.6 is 0 Å². The van der Waals surface area contributed by atoms with E-state index in [0.29, 0.717) is 0 Å². The van der Waals surface area contributed by atoms with Crippen molar-refractivity contribution in [2.45, 2.75) is 20.8 Å². The molecule has 0 spiro atoms. The summed E-state index contributed by atoms with van der Waals surface area (Å²) in [7, 11) is 0. The minimum Gasteiger partial charge on any atom is -0.0616 e. The van der Waals surface area contributed by atoms with Gasteiger partial charge in [-0.15, -0.1) is 0 Å². The molecule has 0 fully saturated rings. The van der Waals surface area contributed by atoms with Gasteiger partial charge in [-0.2, -0.15) is 0 Å². The Morgan fingerprint density at radius 2 is 1.04 bits per heavy atom. The third-order valence-electron chi connectivity index (χ3n) is 5.01. The summed E-state index contributed by atoms with van der Waals surface area (Å²) in [6.45, 7) is 6.61. The molecule has 23 heavy (non-hydrogen) atoms. The van der Waals surface area contributed by atoms with E-state index in [-0.39, 0.29) is 0 Å². The lowest BCUT2D eigenvalue weighted by Gasteiger charge is -2.15. The van der Waals surface area contributed by atoms with Gasteiger partial charge >= 0.3 is 0 Å². The molecule has 0 nitrogen and oxygen atoms in total. The zero-order valence-corrected chi connectivity index (χ0v) is 13.9. The van der Waals surface area contributed by atoms with E-state index < -0.39 is 0 Å². The van der Waals surface area contributed by atoms with Crippen molar-refractivity contribution in [1.29, 1.82) is 0 Å². The van der Waals surface area contributed by atoms with Gasteiger partial charge in [-0.25, -0.2) is 0 Å². The second-order valence-corrected chi connectivity index (χ2v) is 6.39. The highest BCUT2D eigenvalue weighted by atomic mass is 14.1. The molecular formula is C23H20. The van der Waals surface area contributed by atoms with Crippen LogP contribution in [-0.4, -0.2) is 0 Å². The Kier molecular flexibility index (Phi) is 3.20. The second kappa shape index (κ2) is 5.24. The molecule has 4 aromatic rings. The van der Waals surface area contributed by atoms with Gasteiger partial charge < -0.3 is 0 Å². The molecule has 0 unspecified atom stereocenters. The van der Waals surface area contributed by atoms with Crippen molar-refractivity contribution < 1.29 is 0 Å². The highest BCUT2D eigenvalue weighted by molar-refractivity contribution is 6.07. The molecule has 4 aromatic carbocycles. The Bertz CT molecular complexity index is 1040. The maximum atomic E-state index is 2.34. The van der Waals surface area contributed by atoms with Crippen LogP contribution in [0.25, 0.3) is 32.7 Å². The highest BCUT2D eigenvalue weighted by Crippen LogP contribution is 2.37. The highest BCUT2D eigenvalue weighted by Gasteiger charge is 2.11. The Hall–Kier alpha value is -2.60. The fourth-order valence-corrected chi connectivity index (χ4v) is 3.57. The Labute approximate surface area is 137 Å². The quantitative estimate of drug-likeness (QED) is 0.372. The van der Waals surface area contributed by atoms with Crippen molar-refractivity contribution in [3.05, 3.63) is 83.4 Å². The van der Waals surface area contributed by atoms with Gasteiger partial charge in [0.2, 0.25) is 0 Å². The first-order chi connectivity index (χ1) is 11.2. The lowest BCUT2D eigenvalue weighted by Crippen LogP contribution is -1.90. The lowest BCUT2D eigenvalue weighted by atomic mass is 9.89. The van der Waals surface area contributed by atoms with Gasteiger partial charge in [-0.3, -0.25) is 0 Å². The summed E-state index contributed by atoms with van der Waals surface area (Å²) in [5.74, 6) is 0. The van der Waals surface area contributed by atoms with Crippen LogP contribution in [0.2, 0.25) is 0 Å². The van der Waals surface area contributed by atoms with Gasteiger partial charge in [0, 0.05) is 0 Å². The van der Waals surface area contributed by atoms with E-state index in [1.165, 1.54) is 49.4 Å². The van der Waals surface area contributed by atoms with Crippen LogP contribution in [-0.2, 0) is 0 Å². The summed E-state index contributed by atoms with van der Waals surface area (Å²) in [5, 5.41) is 5.37. The van der Waals surface area contributed by atoms with Gasteiger partial charge in [0.25, 0.3) is 0 Å². The van der Waals surface area contributed by atoms with Crippen molar-refractivity contribution in [3.8, 4) is 11.1 Å². The molecule has 0 aliphatic heterocycles. The van der Waals surface area contributed by atoms with Gasteiger partial charge in [-0.05, 0) is 70.1 Å². The zero-order chi connectivity index (χ0) is 16.0. The maximum Gasteiger partial charge on any atom is -0.00963 e. The Balaban J connectivity index is 2.16. The number of fused-ring (bicyclic) bond motifs is 2. The largest absolute Gasteiger partial charge is 0.0616 e. The van der Waals surface area contributed by atoms with Gasteiger partial charge in [0.1, 0.15) is 0 Å². The van der Waals surface area contributed by atoms with Crippen molar-refractivity contribution in [1.82, 2.24) is 0 Å². The molecule has 0 amide bonds. The van der Waals surface area contributed by atoms with Crippen LogP contribution in [0.15, 0.2) is 66.7 Å². The first-order valence-corrected chi connectivity index (χ1v) is 8.14. The van der Waals surface area contributed by atoms with Crippen LogP contribution in [0, 0.1) is 20.8 Å². The Morgan fingerprint density at radius 3 is 1.74 bits per heavy atom. The minimum atomic E-state index is 1.32. The van der Waals surface area contributed by atoms with Gasteiger partial charge in [0.15, 0.2) is 0 Å². The normalized spacial score (nSPS) is 11.3. The molecule has 0 aliphatic rings. The van der Waals surface area contributed by atoms with Crippen LogP contribution in [0.4, 0.5) is 0 Å². The molecule has 0 N–H and O–H groups in total. The molecule has 4 rings (SSSR count). The van der Waals surface area contributed by atoms with E-state index in [2.05, 4.69) is 87.5 Å². The molecule has 0 aliphatic carbocycles. The zero-order valence-electron chi connectivity index (χ0n) is 13.9. The standard InChI is InChI=1S/C23H20/c1-15-12-13-22(20-10-6-4-8-18(15)20)23-14-16(2)17(3)19-9-5-7-11-21(19)23/h4-14H,1-3H3. The SMILES string of the molecule is Cc1cc(-c2ccc(C)c3ccccc23)c2ccccc2c1C. The third kappa shape index (κ3) is 2.14. The number of hydrogen-bond donors (Lipinski definition) is 0. The van der Waals surface area contributed by atoms with E-state index in [1.54, 1.807) is 0 Å². The summed E-state index contributed by atoms with van der Waals surface area (Å²) < 4.78 is 0. The van der Waals surface area contributed by atoms with Gasteiger partial charge in [-0.1, -0.05) is 66.7 Å². The van der Waals surface area contributed by atoms with E-state index in [0.717, 1.165) is 0 Å². The van der Waals surface area contributed by atoms with Crippen LogP contribution in [0.1, 0.15) is 16.7 Å². The summed E-state index contributed by atoms with van der Waals surface area (Å²) in [6, 6.07) is 24.3. The third-order valence-corrected chi connectivity index (χ3v) is 5.01. The predicted octanol–water partition coefficient (Wildman–Crippen LogP) is 6.59. The monoisotopic (exact) mass is 296 g/mol. The molecular weight excluding hydrogens is 276 g/mol. The molecule has 0 bridgehead atoms. The molecule has 0 saturated carbocycles.